The van der Waals surface area contributed by atoms with Gasteiger partial charge in [0.2, 0.25) is 0 Å². The Kier molecular flexibility index (Phi) is 26.9. The highest BCUT2D eigenvalue weighted by molar-refractivity contribution is 4.34. The van der Waals surface area contributed by atoms with Crippen LogP contribution >= 0.6 is 0 Å². The first-order valence-electron chi connectivity index (χ1n) is 6.35. The molecule has 0 aromatic heterocycles. The third-order valence-electron chi connectivity index (χ3n) is 1.72. The van der Waals surface area contributed by atoms with Crippen molar-refractivity contribution in [3.8, 4) is 0 Å². The molecule has 0 saturated heterocycles. The van der Waals surface area contributed by atoms with Crippen LogP contribution in [0.5, 0.6) is 0 Å². The van der Waals surface area contributed by atoms with Crippen molar-refractivity contribution < 1.29 is 15.3 Å². The quantitative estimate of drug-likeness (QED) is 0.643. The molecule has 102 valence electrons. The van der Waals surface area contributed by atoms with Gasteiger partial charge in [-0.25, -0.2) is 0 Å². The zero-order valence-corrected chi connectivity index (χ0v) is 11.7. The van der Waals surface area contributed by atoms with Crippen molar-refractivity contribution in [2.75, 3.05) is 13.2 Å². The van der Waals surface area contributed by atoms with Crippen molar-refractivity contribution in [2.24, 2.45) is 5.92 Å². The first-order chi connectivity index (χ1) is 7.45. The highest BCUT2D eigenvalue weighted by Gasteiger charge is 1.82. The van der Waals surface area contributed by atoms with Gasteiger partial charge in [-0.2, -0.15) is 0 Å². The second kappa shape index (κ2) is 20.3. The second-order valence-electron chi connectivity index (χ2n) is 4.26. The largest absolute Gasteiger partial charge is 0.396 e. The number of aliphatic hydroxyl groups is 3. The third-order valence-corrected chi connectivity index (χ3v) is 1.72. The maximum Gasteiger partial charge on any atom is 0.0509 e. The fraction of sp³-hybridized carbons (Fsp3) is 1.00. The van der Waals surface area contributed by atoms with E-state index in [4.69, 9.17) is 15.3 Å². The highest BCUT2D eigenvalue weighted by Crippen LogP contribution is 1.89. The molecule has 0 spiro atoms. The van der Waals surface area contributed by atoms with Crippen LogP contribution in [-0.4, -0.2) is 34.6 Å². The summed E-state index contributed by atoms with van der Waals surface area (Å²) in [6.45, 7) is 10.5. The van der Waals surface area contributed by atoms with Crippen LogP contribution in [0.1, 0.15) is 60.3 Å². The van der Waals surface area contributed by atoms with Crippen LogP contribution in [0, 0.1) is 5.92 Å². The van der Waals surface area contributed by atoms with E-state index in [0.29, 0.717) is 19.1 Å². The lowest BCUT2D eigenvalue weighted by molar-refractivity contribution is 0.191. The van der Waals surface area contributed by atoms with Gasteiger partial charge >= 0.3 is 0 Å². The van der Waals surface area contributed by atoms with E-state index in [1.54, 1.807) is 6.92 Å². The van der Waals surface area contributed by atoms with E-state index in [2.05, 4.69) is 6.92 Å². The first-order valence-corrected chi connectivity index (χ1v) is 6.35. The van der Waals surface area contributed by atoms with E-state index in [1.807, 2.05) is 20.8 Å². The van der Waals surface area contributed by atoms with E-state index in [-0.39, 0.29) is 6.10 Å². The van der Waals surface area contributed by atoms with Crippen molar-refractivity contribution in [1.29, 1.82) is 0 Å². The van der Waals surface area contributed by atoms with Crippen molar-refractivity contribution in [3.05, 3.63) is 0 Å². The zero-order valence-electron chi connectivity index (χ0n) is 11.7. The Morgan fingerprint density at radius 1 is 0.938 bits per heavy atom. The molecule has 0 rings (SSSR count). The average Bonchev–Trinajstić information content (AvgIpc) is 2.27. The molecule has 1 unspecified atom stereocenters. The van der Waals surface area contributed by atoms with Crippen LogP contribution in [-0.2, 0) is 0 Å². The number of aliphatic hydroxyl groups excluding tert-OH is 3. The maximum atomic E-state index is 8.36. The van der Waals surface area contributed by atoms with Gasteiger partial charge in [0.1, 0.15) is 0 Å². The zero-order chi connectivity index (χ0) is 13.4. The van der Waals surface area contributed by atoms with Crippen molar-refractivity contribution in [3.63, 3.8) is 0 Å². The Morgan fingerprint density at radius 3 is 1.38 bits per heavy atom. The molecule has 0 aliphatic rings. The highest BCUT2D eigenvalue weighted by atomic mass is 16.3. The van der Waals surface area contributed by atoms with Gasteiger partial charge in [0.25, 0.3) is 0 Å². The summed E-state index contributed by atoms with van der Waals surface area (Å²) in [5.74, 6) is 0.440. The van der Waals surface area contributed by atoms with E-state index in [0.717, 1.165) is 19.3 Å². The summed E-state index contributed by atoms with van der Waals surface area (Å²) >= 11 is 0. The van der Waals surface area contributed by atoms with E-state index >= 15 is 0 Å². The summed E-state index contributed by atoms with van der Waals surface area (Å²) in [6, 6.07) is 0. The van der Waals surface area contributed by atoms with Crippen molar-refractivity contribution >= 4 is 0 Å². The van der Waals surface area contributed by atoms with Gasteiger partial charge in [-0.3, -0.25) is 0 Å². The van der Waals surface area contributed by atoms with Crippen LogP contribution in [0.3, 0.4) is 0 Å². The van der Waals surface area contributed by atoms with Gasteiger partial charge < -0.3 is 15.3 Å². The predicted molar refractivity (Wildman–Crippen MR) is 70.5 cm³/mol. The number of unbranched alkanes of at least 4 members (excludes halogenated alkanes) is 2. The second-order valence-corrected chi connectivity index (χ2v) is 4.26. The van der Waals surface area contributed by atoms with Crippen molar-refractivity contribution in [1.82, 2.24) is 0 Å². The van der Waals surface area contributed by atoms with Gasteiger partial charge in [-0.05, 0) is 25.7 Å². The molecule has 0 fully saturated rings. The molecule has 0 aromatic carbocycles. The normalized spacial score (nSPS) is 11.1. The van der Waals surface area contributed by atoms with Gasteiger partial charge in [-0.1, -0.05) is 40.5 Å². The molecular formula is C13H32O3. The molecule has 0 aromatic rings. The standard InChI is InChI=1S/C5H12O.2C4H10O/c1-2-3-4-5-6;1-4(2)3-5;1-3-4(2)5/h6H,2-5H2,1H3;2*4-5H,3H2,1-2H3. The Balaban J connectivity index is -0.000000160. The minimum absolute atomic E-state index is 0.116. The van der Waals surface area contributed by atoms with Crippen LogP contribution < -0.4 is 0 Å². The molecule has 0 aliphatic heterocycles. The van der Waals surface area contributed by atoms with Gasteiger partial charge in [-0.15, -0.1) is 0 Å². The monoisotopic (exact) mass is 236 g/mol. The molecule has 0 aliphatic carbocycles. The molecule has 0 amide bonds. The summed E-state index contributed by atoms with van der Waals surface area (Å²) in [5, 5.41) is 24.7. The summed E-state index contributed by atoms with van der Waals surface area (Å²) in [5.41, 5.74) is 0. The molecule has 1 atom stereocenters. The molecule has 3 heteroatoms. The van der Waals surface area contributed by atoms with Crippen LogP contribution in [0.25, 0.3) is 0 Å². The molecule has 0 saturated carbocycles. The minimum Gasteiger partial charge on any atom is -0.396 e. The van der Waals surface area contributed by atoms with Crippen LogP contribution in [0.2, 0.25) is 0 Å². The third kappa shape index (κ3) is 48.6. The SMILES string of the molecule is CC(C)CO.CCC(C)O.CCCCCO. The molecule has 0 bridgehead atoms. The molecule has 3 N–H and O–H groups in total. The Hall–Kier alpha value is -0.120. The summed E-state index contributed by atoms with van der Waals surface area (Å²) in [4.78, 5) is 0. The smallest absolute Gasteiger partial charge is 0.0509 e. The predicted octanol–water partition coefficient (Wildman–Crippen LogP) is 2.58. The molecule has 0 heterocycles. The fourth-order valence-corrected chi connectivity index (χ4v) is 0.362. The number of rotatable bonds is 5. The molecule has 16 heavy (non-hydrogen) atoms. The molecular weight excluding hydrogens is 204 g/mol. The first kappa shape index (κ1) is 21.2. The number of hydrogen-bond acceptors (Lipinski definition) is 3. The summed E-state index contributed by atoms with van der Waals surface area (Å²) in [6.07, 6.45) is 4.07. The Labute approximate surface area is 102 Å². The van der Waals surface area contributed by atoms with Gasteiger partial charge in [0.15, 0.2) is 0 Å². The Bertz CT molecular complexity index is 81.2. The topological polar surface area (TPSA) is 60.7 Å². The van der Waals surface area contributed by atoms with Crippen molar-refractivity contribution in [2.45, 2.75) is 66.4 Å². The fourth-order valence-electron chi connectivity index (χ4n) is 0.362. The van der Waals surface area contributed by atoms with E-state index in [9.17, 15) is 0 Å². The average molecular weight is 236 g/mol. The minimum atomic E-state index is -0.116. The van der Waals surface area contributed by atoms with Crippen LogP contribution in [0.4, 0.5) is 0 Å². The lowest BCUT2D eigenvalue weighted by Crippen LogP contribution is -1.93. The Morgan fingerprint density at radius 2 is 1.31 bits per heavy atom. The van der Waals surface area contributed by atoms with Gasteiger partial charge in [0.05, 0.1) is 6.10 Å². The summed E-state index contributed by atoms with van der Waals surface area (Å²) < 4.78 is 0. The van der Waals surface area contributed by atoms with Gasteiger partial charge in [0, 0.05) is 13.2 Å². The lowest BCUT2D eigenvalue weighted by Gasteiger charge is -1.90. The maximum absolute atomic E-state index is 8.36. The van der Waals surface area contributed by atoms with E-state index in [1.165, 1.54) is 6.42 Å². The molecule has 0 radical (unpaired) electrons. The van der Waals surface area contributed by atoms with E-state index < -0.39 is 0 Å². The molecule has 3 nitrogen and oxygen atoms in total. The number of hydrogen-bond donors (Lipinski definition) is 3. The summed E-state index contributed by atoms with van der Waals surface area (Å²) in [7, 11) is 0. The lowest BCUT2D eigenvalue weighted by atomic mass is 10.2. The van der Waals surface area contributed by atoms with Crippen LogP contribution in [0.15, 0.2) is 0 Å².